The molecule has 0 bridgehead atoms. The second-order valence-corrected chi connectivity index (χ2v) is 6.19. The van der Waals surface area contributed by atoms with E-state index in [0.29, 0.717) is 10.0 Å². The van der Waals surface area contributed by atoms with E-state index in [9.17, 15) is 0 Å². The molecule has 1 N–H and O–H groups in total. The van der Waals surface area contributed by atoms with E-state index in [1.54, 1.807) is 6.07 Å². The summed E-state index contributed by atoms with van der Waals surface area (Å²) in [6, 6.07) is 10.0. The molecule has 1 unspecified atom stereocenters. The Morgan fingerprint density at radius 3 is 2.67 bits per heavy atom. The number of nitrogens with one attached hydrogen (secondary N) is 1. The molecule has 96 valence electrons. The summed E-state index contributed by atoms with van der Waals surface area (Å²) in [4.78, 5) is 2.71. The predicted octanol–water partition coefficient (Wildman–Crippen LogP) is 5.79. The van der Waals surface area contributed by atoms with Crippen LogP contribution < -0.4 is 5.32 Å². The van der Waals surface area contributed by atoms with E-state index in [2.05, 4.69) is 31.3 Å². The molecule has 0 amide bonds. The standard InChI is InChI=1S/C14H15Cl2NS/c1-3-11-5-7-14(18-11)9(2)17-13-8-10(15)4-6-12(13)16/h4-9,17H,3H2,1-2H3. The van der Waals surface area contributed by atoms with Gasteiger partial charge in [0.05, 0.1) is 16.8 Å². The second-order valence-electron chi connectivity index (χ2n) is 4.15. The van der Waals surface area contributed by atoms with E-state index in [0.717, 1.165) is 12.1 Å². The number of hydrogen-bond donors (Lipinski definition) is 1. The van der Waals surface area contributed by atoms with Crippen LogP contribution in [0.3, 0.4) is 0 Å². The summed E-state index contributed by atoms with van der Waals surface area (Å²) in [5.74, 6) is 0. The zero-order chi connectivity index (χ0) is 13.1. The monoisotopic (exact) mass is 299 g/mol. The third-order valence-corrected chi connectivity index (χ3v) is 4.74. The number of thiophene rings is 1. The van der Waals surface area contributed by atoms with Gasteiger partial charge in [0.1, 0.15) is 0 Å². The molecular weight excluding hydrogens is 285 g/mol. The zero-order valence-electron chi connectivity index (χ0n) is 10.3. The number of benzene rings is 1. The third kappa shape index (κ3) is 3.19. The molecule has 0 aliphatic rings. The van der Waals surface area contributed by atoms with Gasteiger partial charge in [-0.1, -0.05) is 30.1 Å². The Balaban J connectivity index is 2.15. The third-order valence-electron chi connectivity index (χ3n) is 2.76. The molecule has 1 nitrogen and oxygen atoms in total. The highest BCUT2D eigenvalue weighted by atomic mass is 35.5. The van der Waals surface area contributed by atoms with Crippen molar-refractivity contribution in [2.24, 2.45) is 0 Å². The Morgan fingerprint density at radius 2 is 2.00 bits per heavy atom. The van der Waals surface area contributed by atoms with Gasteiger partial charge >= 0.3 is 0 Å². The van der Waals surface area contributed by atoms with E-state index >= 15 is 0 Å². The van der Waals surface area contributed by atoms with Crippen LogP contribution in [0.5, 0.6) is 0 Å². The SMILES string of the molecule is CCc1ccc(C(C)Nc2cc(Cl)ccc2Cl)s1. The average molecular weight is 300 g/mol. The maximum Gasteiger partial charge on any atom is 0.0638 e. The first-order valence-electron chi connectivity index (χ1n) is 5.90. The largest absolute Gasteiger partial charge is 0.376 e. The molecule has 0 radical (unpaired) electrons. The normalized spacial score (nSPS) is 12.4. The van der Waals surface area contributed by atoms with E-state index in [1.165, 1.54) is 9.75 Å². The molecule has 0 spiro atoms. The maximum atomic E-state index is 6.14. The van der Waals surface area contributed by atoms with Crippen molar-refractivity contribution >= 4 is 40.2 Å². The number of halogens is 2. The summed E-state index contributed by atoms with van der Waals surface area (Å²) in [7, 11) is 0. The van der Waals surface area contributed by atoms with Gasteiger partial charge in [-0.15, -0.1) is 11.3 Å². The van der Waals surface area contributed by atoms with E-state index in [-0.39, 0.29) is 6.04 Å². The molecule has 1 aromatic carbocycles. The van der Waals surface area contributed by atoms with Gasteiger partial charge in [-0.25, -0.2) is 0 Å². The van der Waals surface area contributed by atoms with Gasteiger partial charge < -0.3 is 5.32 Å². The number of hydrogen-bond acceptors (Lipinski definition) is 2. The fourth-order valence-corrected chi connectivity index (χ4v) is 3.03. The van der Waals surface area contributed by atoms with Crippen LogP contribution in [0.1, 0.15) is 29.6 Å². The molecular formula is C14H15Cl2NS. The van der Waals surface area contributed by atoms with Crippen molar-refractivity contribution in [3.63, 3.8) is 0 Å². The first-order chi connectivity index (χ1) is 8.60. The van der Waals surface area contributed by atoms with Gasteiger partial charge in [-0.2, -0.15) is 0 Å². The fourth-order valence-electron chi connectivity index (χ4n) is 1.73. The van der Waals surface area contributed by atoms with Gasteiger partial charge in [0.15, 0.2) is 0 Å². The summed E-state index contributed by atoms with van der Waals surface area (Å²) in [6.45, 7) is 4.30. The van der Waals surface area contributed by atoms with Crippen LogP contribution in [0.2, 0.25) is 10.0 Å². The lowest BCUT2D eigenvalue weighted by molar-refractivity contribution is 0.908. The summed E-state index contributed by atoms with van der Waals surface area (Å²) < 4.78 is 0. The van der Waals surface area contributed by atoms with Crippen molar-refractivity contribution in [2.45, 2.75) is 26.3 Å². The lowest BCUT2D eigenvalue weighted by Crippen LogP contribution is -2.05. The minimum Gasteiger partial charge on any atom is -0.376 e. The van der Waals surface area contributed by atoms with Gasteiger partial charge in [-0.3, -0.25) is 0 Å². The van der Waals surface area contributed by atoms with Crippen molar-refractivity contribution in [3.05, 3.63) is 50.1 Å². The van der Waals surface area contributed by atoms with Crippen LogP contribution in [-0.2, 0) is 6.42 Å². The molecule has 2 rings (SSSR count). The van der Waals surface area contributed by atoms with Crippen LogP contribution >= 0.6 is 34.5 Å². The summed E-state index contributed by atoms with van der Waals surface area (Å²) >= 11 is 14.0. The van der Waals surface area contributed by atoms with Crippen molar-refractivity contribution < 1.29 is 0 Å². The van der Waals surface area contributed by atoms with Crippen LogP contribution in [0, 0.1) is 0 Å². The average Bonchev–Trinajstić information content (AvgIpc) is 2.82. The minimum absolute atomic E-state index is 0.228. The molecule has 0 fully saturated rings. The number of rotatable bonds is 4. The summed E-state index contributed by atoms with van der Waals surface area (Å²) in [6.07, 6.45) is 1.08. The van der Waals surface area contributed by atoms with Gasteiger partial charge in [0, 0.05) is 14.8 Å². The van der Waals surface area contributed by atoms with Crippen molar-refractivity contribution in [2.75, 3.05) is 5.32 Å². The van der Waals surface area contributed by atoms with E-state index in [4.69, 9.17) is 23.2 Å². The van der Waals surface area contributed by atoms with Crippen LogP contribution in [0.4, 0.5) is 5.69 Å². The Morgan fingerprint density at radius 1 is 1.22 bits per heavy atom. The van der Waals surface area contributed by atoms with Gasteiger partial charge in [0.2, 0.25) is 0 Å². The number of anilines is 1. The predicted molar refractivity (Wildman–Crippen MR) is 82.2 cm³/mol. The molecule has 18 heavy (non-hydrogen) atoms. The molecule has 0 aliphatic heterocycles. The molecule has 2 aromatic rings. The van der Waals surface area contributed by atoms with E-state index in [1.807, 2.05) is 23.5 Å². The van der Waals surface area contributed by atoms with Crippen LogP contribution in [0.15, 0.2) is 30.3 Å². The Bertz CT molecular complexity index is 536. The van der Waals surface area contributed by atoms with Crippen molar-refractivity contribution in [1.82, 2.24) is 0 Å². The summed E-state index contributed by atoms with van der Waals surface area (Å²) in [5, 5.41) is 4.78. The Hall–Kier alpha value is -0.700. The van der Waals surface area contributed by atoms with Gasteiger partial charge in [0.25, 0.3) is 0 Å². The van der Waals surface area contributed by atoms with Crippen molar-refractivity contribution in [1.29, 1.82) is 0 Å². The molecule has 1 heterocycles. The smallest absolute Gasteiger partial charge is 0.0638 e. The topological polar surface area (TPSA) is 12.0 Å². The minimum atomic E-state index is 0.228. The molecule has 1 atom stereocenters. The highest BCUT2D eigenvalue weighted by Gasteiger charge is 2.10. The van der Waals surface area contributed by atoms with Gasteiger partial charge in [-0.05, 0) is 43.7 Å². The first kappa shape index (κ1) is 13.7. The second kappa shape index (κ2) is 5.96. The zero-order valence-corrected chi connectivity index (χ0v) is 12.7. The lowest BCUT2D eigenvalue weighted by Gasteiger charge is -2.15. The maximum absolute atomic E-state index is 6.14. The molecule has 1 aromatic heterocycles. The van der Waals surface area contributed by atoms with Crippen LogP contribution in [-0.4, -0.2) is 0 Å². The molecule has 0 saturated carbocycles. The van der Waals surface area contributed by atoms with Crippen LogP contribution in [0.25, 0.3) is 0 Å². The first-order valence-corrected chi connectivity index (χ1v) is 7.47. The molecule has 0 saturated heterocycles. The highest BCUT2D eigenvalue weighted by molar-refractivity contribution is 7.12. The molecule has 0 aliphatic carbocycles. The fraction of sp³-hybridized carbons (Fsp3) is 0.286. The van der Waals surface area contributed by atoms with E-state index < -0.39 is 0 Å². The Kier molecular flexibility index (Phi) is 4.55. The highest BCUT2D eigenvalue weighted by Crippen LogP contribution is 2.31. The lowest BCUT2D eigenvalue weighted by atomic mass is 10.2. The summed E-state index contributed by atoms with van der Waals surface area (Å²) in [5.41, 5.74) is 0.878. The quantitative estimate of drug-likeness (QED) is 0.753. The van der Waals surface area contributed by atoms with Crippen molar-refractivity contribution in [3.8, 4) is 0 Å². The molecule has 4 heteroatoms. The number of aryl methyl sites for hydroxylation is 1. The Labute approximate surface area is 122 Å².